The lowest BCUT2D eigenvalue weighted by Gasteiger charge is -2.25. The summed E-state index contributed by atoms with van der Waals surface area (Å²) in [7, 11) is 0. The van der Waals surface area contributed by atoms with Gasteiger partial charge < -0.3 is 15.0 Å². The fraction of sp³-hybridized carbons (Fsp3) is 0.200. The molecule has 1 aromatic heterocycles. The summed E-state index contributed by atoms with van der Waals surface area (Å²) in [5.41, 5.74) is 6.35. The van der Waals surface area contributed by atoms with E-state index in [1.165, 1.54) is 38.2 Å². The molecule has 3 aromatic carbocycles. The second-order valence-corrected chi connectivity index (χ2v) is 8.29. The van der Waals surface area contributed by atoms with Gasteiger partial charge in [0.25, 0.3) is 0 Å². The average Bonchev–Trinajstić information content (AvgIpc) is 3.16. The summed E-state index contributed by atoms with van der Waals surface area (Å²) in [5.74, 6) is 0.919. The fourth-order valence-electron chi connectivity index (χ4n) is 4.12. The summed E-state index contributed by atoms with van der Waals surface area (Å²) in [4.78, 5) is 4.96. The first-order chi connectivity index (χ1) is 14.3. The van der Waals surface area contributed by atoms with E-state index < -0.39 is 0 Å². The Bertz CT molecular complexity index is 1120. The number of nitrogens with one attached hydrogen (secondary N) is 2. The Morgan fingerprint density at radius 1 is 1.00 bits per heavy atom. The number of thioether (sulfide) groups is 1. The zero-order valence-corrected chi connectivity index (χ0v) is 17.3. The fourth-order valence-corrected chi connectivity index (χ4v) is 4.53. The molecule has 1 aliphatic rings. The van der Waals surface area contributed by atoms with Crippen LogP contribution < -0.4 is 10.1 Å². The minimum absolute atomic E-state index is 0.204. The van der Waals surface area contributed by atoms with E-state index in [-0.39, 0.29) is 6.04 Å². The van der Waals surface area contributed by atoms with Gasteiger partial charge in [0.05, 0.1) is 6.04 Å². The van der Waals surface area contributed by atoms with E-state index in [0.717, 1.165) is 18.7 Å². The molecule has 0 spiro atoms. The van der Waals surface area contributed by atoms with Crippen LogP contribution in [0.15, 0.2) is 77.7 Å². The largest absolute Gasteiger partial charge is 0.489 e. The van der Waals surface area contributed by atoms with E-state index in [4.69, 9.17) is 4.74 Å². The number of H-pyrrole nitrogens is 1. The predicted octanol–water partition coefficient (Wildman–Crippen LogP) is 5.70. The van der Waals surface area contributed by atoms with Gasteiger partial charge in [0.2, 0.25) is 0 Å². The van der Waals surface area contributed by atoms with Crippen LogP contribution in [0.25, 0.3) is 10.9 Å². The summed E-state index contributed by atoms with van der Waals surface area (Å²) in [6.07, 6.45) is 3.14. The molecular formula is C25H24N2OS. The molecule has 2 heterocycles. The van der Waals surface area contributed by atoms with Gasteiger partial charge in [0.1, 0.15) is 12.4 Å². The highest BCUT2D eigenvalue weighted by molar-refractivity contribution is 7.98. The SMILES string of the molecule is CSc1ccc(C2NCCc3c2[nH]c2ccc(OCc4ccccc4)cc32)cc1. The standard InChI is InChI=1S/C25H24N2OS/c1-29-20-10-7-18(8-11-20)24-25-21(13-14-26-24)22-15-19(9-12-23(22)27-25)28-16-17-5-3-2-4-6-17/h2-12,15,24,26-27H,13-14,16H2,1H3. The van der Waals surface area contributed by atoms with Crippen LogP contribution in [0.1, 0.15) is 28.4 Å². The van der Waals surface area contributed by atoms with Crippen molar-refractivity contribution >= 4 is 22.7 Å². The maximum atomic E-state index is 6.07. The van der Waals surface area contributed by atoms with E-state index in [1.54, 1.807) is 11.8 Å². The highest BCUT2D eigenvalue weighted by atomic mass is 32.2. The third-order valence-electron chi connectivity index (χ3n) is 5.62. The zero-order valence-electron chi connectivity index (χ0n) is 16.4. The Hall–Kier alpha value is -2.69. The molecule has 0 fully saturated rings. The molecule has 1 atom stereocenters. The first kappa shape index (κ1) is 18.3. The lowest BCUT2D eigenvalue weighted by molar-refractivity contribution is 0.306. The van der Waals surface area contributed by atoms with Crippen LogP contribution in [0.2, 0.25) is 0 Å². The van der Waals surface area contributed by atoms with Gasteiger partial charge in [-0.25, -0.2) is 0 Å². The summed E-state index contributed by atoms with van der Waals surface area (Å²) in [6, 6.07) is 25.8. The van der Waals surface area contributed by atoms with Crippen LogP contribution in [0.5, 0.6) is 5.75 Å². The molecule has 0 aliphatic carbocycles. The van der Waals surface area contributed by atoms with Crippen LogP contribution in [0.3, 0.4) is 0 Å². The van der Waals surface area contributed by atoms with E-state index >= 15 is 0 Å². The van der Waals surface area contributed by atoms with Crippen molar-refractivity contribution in [1.82, 2.24) is 10.3 Å². The maximum absolute atomic E-state index is 6.07. The van der Waals surface area contributed by atoms with Crippen molar-refractivity contribution in [3.8, 4) is 5.75 Å². The number of aromatic nitrogens is 1. The van der Waals surface area contributed by atoms with Crippen molar-refractivity contribution in [2.45, 2.75) is 24.0 Å². The Morgan fingerprint density at radius 2 is 1.83 bits per heavy atom. The van der Waals surface area contributed by atoms with Gasteiger partial charge in [-0.1, -0.05) is 42.5 Å². The molecule has 3 nitrogen and oxygen atoms in total. The first-order valence-corrected chi connectivity index (χ1v) is 11.2. The molecule has 146 valence electrons. The van der Waals surface area contributed by atoms with E-state index in [9.17, 15) is 0 Å². The Kier molecular flexibility index (Phi) is 5.04. The summed E-state index contributed by atoms with van der Waals surface area (Å²) in [5, 5.41) is 4.96. The molecule has 0 saturated heterocycles. The topological polar surface area (TPSA) is 37.0 Å². The maximum Gasteiger partial charge on any atom is 0.120 e. The Labute approximate surface area is 175 Å². The van der Waals surface area contributed by atoms with Crippen LogP contribution in [-0.4, -0.2) is 17.8 Å². The van der Waals surface area contributed by atoms with Crippen molar-refractivity contribution in [2.75, 3.05) is 12.8 Å². The third-order valence-corrected chi connectivity index (χ3v) is 6.36. The van der Waals surface area contributed by atoms with Crippen molar-refractivity contribution in [3.63, 3.8) is 0 Å². The number of hydrogen-bond acceptors (Lipinski definition) is 3. The van der Waals surface area contributed by atoms with Crippen LogP contribution in [0.4, 0.5) is 0 Å². The minimum atomic E-state index is 0.204. The molecule has 1 aliphatic heterocycles. The van der Waals surface area contributed by atoms with Gasteiger partial charge in [-0.3, -0.25) is 0 Å². The molecule has 0 bridgehead atoms. The molecule has 5 rings (SSSR count). The van der Waals surface area contributed by atoms with Gasteiger partial charge in [0.15, 0.2) is 0 Å². The molecule has 0 radical (unpaired) electrons. The molecular weight excluding hydrogens is 376 g/mol. The molecule has 2 N–H and O–H groups in total. The molecule has 0 amide bonds. The second kappa shape index (κ2) is 7.97. The summed E-state index contributed by atoms with van der Waals surface area (Å²) < 4.78 is 6.07. The first-order valence-electron chi connectivity index (χ1n) is 10.0. The number of rotatable bonds is 5. The number of ether oxygens (including phenoxy) is 1. The Morgan fingerprint density at radius 3 is 2.62 bits per heavy atom. The quantitative estimate of drug-likeness (QED) is 0.422. The van der Waals surface area contributed by atoms with E-state index in [0.29, 0.717) is 6.61 Å². The monoisotopic (exact) mass is 400 g/mol. The van der Waals surface area contributed by atoms with Gasteiger partial charge >= 0.3 is 0 Å². The molecule has 0 saturated carbocycles. The number of aromatic amines is 1. The normalized spacial score (nSPS) is 16.0. The minimum Gasteiger partial charge on any atom is -0.489 e. The van der Waals surface area contributed by atoms with Crippen molar-refractivity contribution in [3.05, 3.63) is 95.2 Å². The average molecular weight is 401 g/mol. The molecule has 4 heteroatoms. The lowest BCUT2D eigenvalue weighted by Crippen LogP contribution is -2.30. The van der Waals surface area contributed by atoms with Gasteiger partial charge in [0, 0.05) is 28.0 Å². The van der Waals surface area contributed by atoms with Crippen molar-refractivity contribution < 1.29 is 4.74 Å². The van der Waals surface area contributed by atoms with Gasteiger partial charge in [-0.15, -0.1) is 11.8 Å². The van der Waals surface area contributed by atoms with Crippen LogP contribution >= 0.6 is 11.8 Å². The highest BCUT2D eigenvalue weighted by Gasteiger charge is 2.25. The summed E-state index contributed by atoms with van der Waals surface area (Å²) in [6.45, 7) is 1.56. The van der Waals surface area contributed by atoms with Crippen LogP contribution in [0, 0.1) is 0 Å². The molecule has 1 unspecified atom stereocenters. The molecule has 4 aromatic rings. The van der Waals surface area contributed by atoms with E-state index in [2.05, 4.69) is 71.2 Å². The molecule has 29 heavy (non-hydrogen) atoms. The van der Waals surface area contributed by atoms with Crippen molar-refractivity contribution in [2.24, 2.45) is 0 Å². The second-order valence-electron chi connectivity index (χ2n) is 7.41. The van der Waals surface area contributed by atoms with Crippen LogP contribution in [-0.2, 0) is 13.0 Å². The summed E-state index contributed by atoms with van der Waals surface area (Å²) >= 11 is 1.78. The zero-order chi connectivity index (χ0) is 19.6. The lowest BCUT2D eigenvalue weighted by atomic mass is 9.94. The number of fused-ring (bicyclic) bond motifs is 3. The Balaban J connectivity index is 1.45. The number of hydrogen-bond donors (Lipinski definition) is 2. The van der Waals surface area contributed by atoms with Crippen molar-refractivity contribution in [1.29, 1.82) is 0 Å². The predicted molar refractivity (Wildman–Crippen MR) is 121 cm³/mol. The highest BCUT2D eigenvalue weighted by Crippen LogP contribution is 2.35. The smallest absolute Gasteiger partial charge is 0.120 e. The van der Waals surface area contributed by atoms with Gasteiger partial charge in [-0.2, -0.15) is 0 Å². The van der Waals surface area contributed by atoms with Gasteiger partial charge in [-0.05, 0) is 59.7 Å². The number of benzene rings is 3. The van der Waals surface area contributed by atoms with E-state index in [1.807, 2.05) is 18.2 Å². The third kappa shape index (κ3) is 3.66.